The molecule has 1 aliphatic rings. The number of aryl methyl sites for hydroxylation is 1. The molecule has 0 aromatic carbocycles. The number of carbonyl (C=O) groups excluding carboxylic acids is 1. The number of nitrogen functional groups attached to an aromatic ring is 1. The molecular formula is C13H15N3O2S. The number of fused-ring (bicyclic) bond motifs is 1. The number of hydrogen-bond acceptors (Lipinski definition) is 6. The van der Waals surface area contributed by atoms with Gasteiger partial charge >= 0.3 is 5.97 Å². The Morgan fingerprint density at radius 1 is 1.58 bits per heavy atom. The van der Waals surface area contributed by atoms with E-state index in [2.05, 4.69) is 9.97 Å². The van der Waals surface area contributed by atoms with Gasteiger partial charge in [0.1, 0.15) is 10.3 Å². The zero-order valence-corrected chi connectivity index (χ0v) is 11.7. The highest BCUT2D eigenvalue weighted by Crippen LogP contribution is 2.53. The van der Waals surface area contributed by atoms with Gasteiger partial charge in [-0.15, -0.1) is 0 Å². The SMILES string of the molecule is CCOC(=O)C1(c2c(N)cnc3sc(C)nc23)CC1. The molecule has 2 N–H and O–H groups in total. The summed E-state index contributed by atoms with van der Waals surface area (Å²) < 4.78 is 5.20. The van der Waals surface area contributed by atoms with Crippen molar-refractivity contribution in [3.05, 3.63) is 16.8 Å². The van der Waals surface area contributed by atoms with Crippen LogP contribution in [0.2, 0.25) is 0 Å². The Hall–Kier alpha value is -1.69. The molecule has 19 heavy (non-hydrogen) atoms. The smallest absolute Gasteiger partial charge is 0.316 e. The van der Waals surface area contributed by atoms with Gasteiger partial charge < -0.3 is 10.5 Å². The molecule has 0 aliphatic heterocycles. The minimum absolute atomic E-state index is 0.195. The van der Waals surface area contributed by atoms with Crippen LogP contribution >= 0.6 is 11.3 Å². The second kappa shape index (κ2) is 4.16. The van der Waals surface area contributed by atoms with E-state index in [1.165, 1.54) is 11.3 Å². The number of nitrogens with two attached hydrogens (primary N) is 1. The summed E-state index contributed by atoms with van der Waals surface area (Å²) in [4.78, 5) is 21.8. The fourth-order valence-corrected chi connectivity index (χ4v) is 3.22. The van der Waals surface area contributed by atoms with Crippen molar-refractivity contribution in [3.63, 3.8) is 0 Å². The van der Waals surface area contributed by atoms with Crippen LogP contribution in [0.1, 0.15) is 30.3 Å². The molecule has 0 bridgehead atoms. The molecular weight excluding hydrogens is 262 g/mol. The number of hydrogen-bond donors (Lipinski definition) is 1. The number of aromatic nitrogens is 2. The number of rotatable bonds is 3. The minimum Gasteiger partial charge on any atom is -0.465 e. The number of thiazole rings is 1. The van der Waals surface area contributed by atoms with Crippen molar-refractivity contribution >= 4 is 33.3 Å². The number of nitrogens with zero attached hydrogens (tertiary/aromatic N) is 2. The first-order chi connectivity index (χ1) is 9.08. The molecule has 1 fully saturated rings. The lowest BCUT2D eigenvalue weighted by molar-refractivity contribution is -0.146. The maximum absolute atomic E-state index is 12.2. The molecule has 0 amide bonds. The number of pyridine rings is 1. The monoisotopic (exact) mass is 277 g/mol. The second-order valence-corrected chi connectivity index (χ2v) is 5.96. The molecule has 1 saturated carbocycles. The van der Waals surface area contributed by atoms with E-state index in [4.69, 9.17) is 10.5 Å². The molecule has 2 heterocycles. The van der Waals surface area contributed by atoms with E-state index < -0.39 is 5.41 Å². The Kier molecular flexibility index (Phi) is 2.70. The third-order valence-corrected chi connectivity index (χ3v) is 4.34. The summed E-state index contributed by atoms with van der Waals surface area (Å²) in [6.45, 7) is 4.12. The van der Waals surface area contributed by atoms with Crippen molar-refractivity contribution in [2.75, 3.05) is 12.3 Å². The van der Waals surface area contributed by atoms with Crippen LogP contribution in [-0.2, 0) is 14.9 Å². The molecule has 0 spiro atoms. The van der Waals surface area contributed by atoms with Crippen molar-refractivity contribution in [2.24, 2.45) is 0 Å². The van der Waals surface area contributed by atoms with E-state index in [1.807, 2.05) is 13.8 Å². The molecule has 0 unspecified atom stereocenters. The third-order valence-electron chi connectivity index (χ3n) is 3.46. The third kappa shape index (κ3) is 1.78. The zero-order chi connectivity index (χ0) is 13.6. The molecule has 0 saturated heterocycles. The van der Waals surface area contributed by atoms with Gasteiger partial charge in [-0.25, -0.2) is 9.97 Å². The average Bonchev–Trinajstić information content (AvgIpc) is 3.06. The lowest BCUT2D eigenvalue weighted by Gasteiger charge is -2.16. The summed E-state index contributed by atoms with van der Waals surface area (Å²) in [5.41, 5.74) is 7.55. The second-order valence-electron chi connectivity index (χ2n) is 4.78. The molecule has 0 radical (unpaired) electrons. The summed E-state index contributed by atoms with van der Waals surface area (Å²) in [7, 11) is 0. The zero-order valence-electron chi connectivity index (χ0n) is 10.9. The molecule has 5 nitrogen and oxygen atoms in total. The Labute approximate surface area is 114 Å². The van der Waals surface area contributed by atoms with Crippen molar-refractivity contribution < 1.29 is 9.53 Å². The summed E-state index contributed by atoms with van der Waals surface area (Å²) >= 11 is 1.51. The van der Waals surface area contributed by atoms with Crippen LogP contribution in [0.25, 0.3) is 10.3 Å². The van der Waals surface area contributed by atoms with Gasteiger partial charge in [0, 0.05) is 5.56 Å². The molecule has 0 atom stereocenters. The molecule has 2 aromatic heterocycles. The van der Waals surface area contributed by atoms with Crippen molar-refractivity contribution in [3.8, 4) is 0 Å². The van der Waals surface area contributed by atoms with Crippen molar-refractivity contribution in [1.29, 1.82) is 0 Å². The first-order valence-corrected chi connectivity index (χ1v) is 7.09. The lowest BCUT2D eigenvalue weighted by Crippen LogP contribution is -2.25. The van der Waals surface area contributed by atoms with Gasteiger partial charge in [-0.1, -0.05) is 11.3 Å². The lowest BCUT2D eigenvalue weighted by atomic mass is 9.94. The van der Waals surface area contributed by atoms with E-state index in [0.29, 0.717) is 12.3 Å². The molecule has 2 aromatic rings. The number of carbonyl (C=O) groups is 1. The van der Waals surface area contributed by atoms with Gasteiger partial charge in [0.2, 0.25) is 0 Å². The van der Waals surface area contributed by atoms with Crippen LogP contribution in [0.3, 0.4) is 0 Å². The maximum atomic E-state index is 12.2. The van der Waals surface area contributed by atoms with Crippen molar-refractivity contribution in [1.82, 2.24) is 9.97 Å². The van der Waals surface area contributed by atoms with E-state index in [-0.39, 0.29) is 5.97 Å². The van der Waals surface area contributed by atoms with Gasteiger partial charge in [0.15, 0.2) is 0 Å². The van der Waals surface area contributed by atoms with Gasteiger partial charge in [-0.3, -0.25) is 4.79 Å². The standard InChI is InChI=1S/C13H15N3O2S/c1-3-18-12(17)13(4-5-13)9-8(14)6-15-11-10(9)16-7(2)19-11/h6H,3-5,14H2,1-2H3. The Morgan fingerprint density at radius 3 is 2.95 bits per heavy atom. The van der Waals surface area contributed by atoms with E-state index in [0.717, 1.165) is 33.8 Å². The minimum atomic E-state index is -0.595. The van der Waals surface area contributed by atoms with Crippen LogP contribution < -0.4 is 5.73 Å². The highest BCUT2D eigenvalue weighted by molar-refractivity contribution is 7.18. The molecule has 6 heteroatoms. The first-order valence-electron chi connectivity index (χ1n) is 6.28. The Morgan fingerprint density at radius 2 is 2.32 bits per heavy atom. The van der Waals surface area contributed by atoms with E-state index in [9.17, 15) is 4.79 Å². The van der Waals surface area contributed by atoms with Crippen LogP contribution in [0.4, 0.5) is 5.69 Å². The van der Waals surface area contributed by atoms with E-state index >= 15 is 0 Å². The van der Waals surface area contributed by atoms with Crippen LogP contribution in [0.15, 0.2) is 6.20 Å². The number of anilines is 1. The van der Waals surface area contributed by atoms with Crippen LogP contribution in [0.5, 0.6) is 0 Å². The molecule has 100 valence electrons. The highest BCUT2D eigenvalue weighted by atomic mass is 32.1. The molecule has 1 aliphatic carbocycles. The maximum Gasteiger partial charge on any atom is 0.316 e. The Balaban J connectivity index is 2.19. The van der Waals surface area contributed by atoms with Gasteiger partial charge in [-0.05, 0) is 26.7 Å². The topological polar surface area (TPSA) is 78.1 Å². The summed E-state index contributed by atoms with van der Waals surface area (Å²) in [5.74, 6) is -0.195. The summed E-state index contributed by atoms with van der Waals surface area (Å²) in [6.07, 6.45) is 3.16. The van der Waals surface area contributed by atoms with Gasteiger partial charge in [-0.2, -0.15) is 0 Å². The Bertz CT molecular complexity index is 661. The van der Waals surface area contributed by atoms with E-state index in [1.54, 1.807) is 6.20 Å². The number of ether oxygens (including phenoxy) is 1. The van der Waals surface area contributed by atoms with Gasteiger partial charge in [0.05, 0.1) is 28.9 Å². The largest absolute Gasteiger partial charge is 0.465 e. The predicted molar refractivity (Wildman–Crippen MR) is 74.1 cm³/mol. The first kappa shape index (κ1) is 12.3. The van der Waals surface area contributed by atoms with Gasteiger partial charge in [0.25, 0.3) is 0 Å². The average molecular weight is 277 g/mol. The van der Waals surface area contributed by atoms with Crippen LogP contribution in [-0.4, -0.2) is 22.5 Å². The summed E-state index contributed by atoms with van der Waals surface area (Å²) in [5, 5.41) is 0.925. The normalized spacial score (nSPS) is 16.5. The highest BCUT2D eigenvalue weighted by Gasteiger charge is 2.55. The predicted octanol–water partition coefficient (Wildman–Crippen LogP) is 2.18. The number of esters is 1. The van der Waals surface area contributed by atoms with Crippen molar-refractivity contribution in [2.45, 2.75) is 32.1 Å². The fraction of sp³-hybridized carbons (Fsp3) is 0.462. The molecule has 3 rings (SSSR count). The fourth-order valence-electron chi connectivity index (χ4n) is 2.45. The summed E-state index contributed by atoms with van der Waals surface area (Å²) in [6, 6.07) is 0. The van der Waals surface area contributed by atoms with Crippen LogP contribution in [0, 0.1) is 6.92 Å². The quantitative estimate of drug-likeness (QED) is 0.870.